The Hall–Kier alpha value is -2.55. The number of nitrogens with zero attached hydrogens (tertiary/aromatic N) is 2. The van der Waals surface area contributed by atoms with E-state index in [1.807, 2.05) is 47.2 Å². The zero-order valence-electron chi connectivity index (χ0n) is 11.5. The van der Waals surface area contributed by atoms with Crippen molar-refractivity contribution in [3.05, 3.63) is 66.6 Å². The predicted octanol–water partition coefficient (Wildman–Crippen LogP) is 3.66. The second-order valence-electron chi connectivity index (χ2n) is 4.65. The number of benzene rings is 2. The maximum absolute atomic E-state index is 5.16. The number of hydrogen-bond acceptors (Lipinski definition) is 2. The molecule has 0 amide bonds. The normalized spacial score (nSPS) is 10.5. The standard InChI is InChI=1S/C17H15N2O/c1-13-3-7-15(8-4-13)19-11-17(18-12-19)14-5-9-16(20-2)10-6-14/h3-7,9-12H,1-2H3. The van der Waals surface area contributed by atoms with Crippen LogP contribution in [0.1, 0.15) is 5.56 Å². The third-order valence-electron chi connectivity index (χ3n) is 3.20. The van der Waals surface area contributed by atoms with Crippen LogP contribution < -0.4 is 4.74 Å². The van der Waals surface area contributed by atoms with Crippen molar-refractivity contribution in [3.63, 3.8) is 0 Å². The summed E-state index contributed by atoms with van der Waals surface area (Å²) in [5, 5.41) is 0. The highest BCUT2D eigenvalue weighted by atomic mass is 16.5. The maximum atomic E-state index is 5.16. The topological polar surface area (TPSA) is 27.1 Å². The zero-order chi connectivity index (χ0) is 13.9. The van der Waals surface area contributed by atoms with E-state index in [9.17, 15) is 0 Å². The van der Waals surface area contributed by atoms with Crippen LogP contribution in [-0.4, -0.2) is 16.7 Å². The number of methoxy groups -OCH3 is 1. The number of rotatable bonds is 3. The molecule has 0 N–H and O–H groups in total. The minimum absolute atomic E-state index is 0.847. The Bertz CT molecular complexity index is 697. The highest BCUT2D eigenvalue weighted by molar-refractivity contribution is 5.60. The molecule has 3 rings (SSSR count). The third kappa shape index (κ3) is 2.43. The van der Waals surface area contributed by atoms with Crippen molar-refractivity contribution in [1.82, 2.24) is 9.55 Å². The van der Waals surface area contributed by atoms with Gasteiger partial charge < -0.3 is 9.30 Å². The Morgan fingerprint density at radius 2 is 1.90 bits per heavy atom. The second kappa shape index (κ2) is 5.21. The van der Waals surface area contributed by atoms with Crippen LogP contribution in [0.15, 0.2) is 55.0 Å². The van der Waals surface area contributed by atoms with E-state index in [0.717, 1.165) is 22.7 Å². The van der Waals surface area contributed by atoms with Gasteiger partial charge in [-0.05, 0) is 43.3 Å². The van der Waals surface area contributed by atoms with Crippen LogP contribution in [0.3, 0.4) is 0 Å². The lowest BCUT2D eigenvalue weighted by atomic mass is 10.1. The van der Waals surface area contributed by atoms with E-state index >= 15 is 0 Å². The summed E-state index contributed by atoms with van der Waals surface area (Å²) in [6, 6.07) is 17.2. The second-order valence-corrected chi connectivity index (χ2v) is 4.65. The van der Waals surface area contributed by atoms with Crippen molar-refractivity contribution >= 4 is 0 Å². The fraction of sp³-hybridized carbons (Fsp3) is 0.118. The molecule has 3 heteroatoms. The molecule has 0 aliphatic carbocycles. The van der Waals surface area contributed by atoms with Crippen LogP contribution in [0.5, 0.6) is 5.75 Å². The molecule has 0 saturated carbocycles. The molecule has 2 aromatic carbocycles. The summed E-state index contributed by atoms with van der Waals surface area (Å²) < 4.78 is 7.13. The quantitative estimate of drug-likeness (QED) is 0.721. The van der Waals surface area contributed by atoms with Gasteiger partial charge in [0, 0.05) is 17.8 Å². The van der Waals surface area contributed by atoms with Gasteiger partial charge in [-0.25, -0.2) is 4.98 Å². The molecule has 1 radical (unpaired) electrons. The smallest absolute Gasteiger partial charge is 0.118 e. The Balaban J connectivity index is 1.91. The Labute approximate surface area is 118 Å². The third-order valence-corrected chi connectivity index (χ3v) is 3.20. The Morgan fingerprint density at radius 3 is 2.55 bits per heavy atom. The minimum atomic E-state index is 0.847. The van der Waals surface area contributed by atoms with Gasteiger partial charge >= 0.3 is 0 Å². The summed E-state index contributed by atoms with van der Waals surface area (Å²) in [5.41, 5.74) is 4.19. The van der Waals surface area contributed by atoms with E-state index in [1.54, 1.807) is 13.4 Å². The van der Waals surface area contributed by atoms with Gasteiger partial charge in [-0.2, -0.15) is 0 Å². The van der Waals surface area contributed by atoms with Crippen molar-refractivity contribution in [1.29, 1.82) is 0 Å². The molecule has 0 saturated heterocycles. The van der Waals surface area contributed by atoms with Gasteiger partial charge in [-0.3, -0.25) is 0 Å². The molecule has 3 nitrogen and oxygen atoms in total. The van der Waals surface area contributed by atoms with Crippen molar-refractivity contribution in [2.45, 2.75) is 6.92 Å². The van der Waals surface area contributed by atoms with E-state index in [1.165, 1.54) is 5.56 Å². The molecule has 99 valence electrons. The highest BCUT2D eigenvalue weighted by Gasteiger charge is 2.04. The van der Waals surface area contributed by atoms with Crippen LogP contribution in [0.4, 0.5) is 0 Å². The summed E-state index contributed by atoms with van der Waals surface area (Å²) in [6.45, 7) is 2.05. The van der Waals surface area contributed by atoms with Crippen molar-refractivity contribution in [3.8, 4) is 22.7 Å². The van der Waals surface area contributed by atoms with Crippen LogP contribution in [0.25, 0.3) is 16.9 Å². The molecular weight excluding hydrogens is 248 g/mol. The van der Waals surface area contributed by atoms with Gasteiger partial charge in [0.05, 0.1) is 24.8 Å². The molecule has 0 spiro atoms. The van der Waals surface area contributed by atoms with Gasteiger partial charge in [0.2, 0.25) is 0 Å². The average molecular weight is 263 g/mol. The van der Waals surface area contributed by atoms with Gasteiger partial charge in [0.15, 0.2) is 0 Å². The first-order valence-corrected chi connectivity index (χ1v) is 6.43. The lowest BCUT2D eigenvalue weighted by Gasteiger charge is -2.02. The first kappa shape index (κ1) is 12.5. The molecule has 0 bridgehead atoms. The maximum Gasteiger partial charge on any atom is 0.118 e. The molecule has 0 aliphatic heterocycles. The number of aryl methyl sites for hydroxylation is 1. The Kier molecular flexibility index (Phi) is 3.25. The lowest BCUT2D eigenvalue weighted by molar-refractivity contribution is 0.415. The Morgan fingerprint density at radius 1 is 1.10 bits per heavy atom. The van der Waals surface area contributed by atoms with E-state index in [4.69, 9.17) is 4.74 Å². The molecule has 3 aromatic rings. The van der Waals surface area contributed by atoms with Crippen LogP contribution in [0, 0.1) is 13.0 Å². The number of ether oxygens (including phenoxy) is 1. The summed E-state index contributed by atoms with van der Waals surface area (Å²) >= 11 is 0. The summed E-state index contributed by atoms with van der Waals surface area (Å²) in [5.74, 6) is 0.847. The zero-order valence-corrected chi connectivity index (χ0v) is 11.5. The molecule has 20 heavy (non-hydrogen) atoms. The first-order chi connectivity index (χ1) is 9.76. The monoisotopic (exact) mass is 263 g/mol. The van der Waals surface area contributed by atoms with Crippen LogP contribution in [0.2, 0.25) is 0 Å². The van der Waals surface area contributed by atoms with E-state index in [2.05, 4.69) is 24.0 Å². The number of hydrogen-bond donors (Lipinski definition) is 0. The fourth-order valence-electron chi connectivity index (χ4n) is 2.02. The van der Waals surface area contributed by atoms with E-state index < -0.39 is 0 Å². The summed E-state index contributed by atoms with van der Waals surface area (Å²) in [7, 11) is 1.66. The lowest BCUT2D eigenvalue weighted by Crippen LogP contribution is -1.89. The average Bonchev–Trinajstić information content (AvgIpc) is 2.98. The number of aromatic nitrogens is 2. The van der Waals surface area contributed by atoms with Gasteiger partial charge in [0.25, 0.3) is 0 Å². The summed E-state index contributed by atoms with van der Waals surface area (Å²) in [6.07, 6.45) is 3.81. The predicted molar refractivity (Wildman–Crippen MR) is 79.1 cm³/mol. The van der Waals surface area contributed by atoms with Crippen molar-refractivity contribution in [2.24, 2.45) is 0 Å². The molecule has 0 atom stereocenters. The first-order valence-electron chi connectivity index (χ1n) is 6.43. The SMILES string of the molecule is COc1ccc(-c2cn(-c3[c]cc(C)cc3)cn2)cc1. The van der Waals surface area contributed by atoms with Crippen molar-refractivity contribution < 1.29 is 4.74 Å². The van der Waals surface area contributed by atoms with E-state index in [-0.39, 0.29) is 0 Å². The van der Waals surface area contributed by atoms with Gasteiger partial charge in [-0.1, -0.05) is 11.6 Å². The molecule has 0 unspecified atom stereocenters. The fourth-order valence-corrected chi connectivity index (χ4v) is 2.02. The highest BCUT2D eigenvalue weighted by Crippen LogP contribution is 2.21. The van der Waals surface area contributed by atoms with E-state index in [0.29, 0.717) is 0 Å². The van der Waals surface area contributed by atoms with Gasteiger partial charge in [-0.15, -0.1) is 0 Å². The molecule has 1 heterocycles. The van der Waals surface area contributed by atoms with Gasteiger partial charge in [0.1, 0.15) is 5.75 Å². The minimum Gasteiger partial charge on any atom is -0.497 e. The molecule has 0 fully saturated rings. The van der Waals surface area contributed by atoms with Crippen LogP contribution >= 0.6 is 0 Å². The number of imidazole rings is 1. The van der Waals surface area contributed by atoms with Crippen molar-refractivity contribution in [2.75, 3.05) is 7.11 Å². The summed E-state index contributed by atoms with van der Waals surface area (Å²) in [4.78, 5) is 4.44. The molecular formula is C17H15N2O. The largest absolute Gasteiger partial charge is 0.497 e. The van der Waals surface area contributed by atoms with Crippen LogP contribution in [-0.2, 0) is 0 Å². The molecule has 0 aliphatic rings. The molecule has 1 aromatic heterocycles.